The molecule has 23 heavy (non-hydrogen) atoms. The number of tetrazole rings is 1. The average molecular weight is 315 g/mol. The summed E-state index contributed by atoms with van der Waals surface area (Å²) in [7, 11) is 1.73. The van der Waals surface area contributed by atoms with Crippen LogP contribution in [0.15, 0.2) is 18.2 Å². The maximum Gasteiger partial charge on any atom is 0.253 e. The number of aromatic amines is 1. The van der Waals surface area contributed by atoms with Crippen molar-refractivity contribution in [2.75, 3.05) is 20.2 Å². The second-order valence-corrected chi connectivity index (χ2v) is 6.21. The Hall–Kier alpha value is -2.28. The largest absolute Gasteiger partial charge is 0.378 e. The first-order valence-electron chi connectivity index (χ1n) is 7.71. The molecule has 0 bridgehead atoms. The van der Waals surface area contributed by atoms with E-state index >= 15 is 0 Å². The lowest BCUT2D eigenvalue weighted by Crippen LogP contribution is -2.46. The lowest BCUT2D eigenvalue weighted by atomic mass is 9.93. The molecule has 3 rings (SSSR count). The van der Waals surface area contributed by atoms with Crippen molar-refractivity contribution in [1.29, 1.82) is 0 Å². The van der Waals surface area contributed by atoms with Crippen molar-refractivity contribution >= 4 is 5.91 Å². The molecular weight excluding hydrogens is 294 g/mol. The molecule has 0 atom stereocenters. The SMILES string of the molecule is COC1(C)CCN(C(=O)c2ccc(C)c(-c3nn[nH]n3)c2)CC1. The van der Waals surface area contributed by atoms with Crippen LogP contribution in [0.4, 0.5) is 0 Å². The monoisotopic (exact) mass is 315 g/mol. The predicted molar refractivity (Wildman–Crippen MR) is 84.9 cm³/mol. The molecule has 0 saturated carbocycles. The Bertz CT molecular complexity index is 691. The van der Waals surface area contributed by atoms with E-state index in [2.05, 4.69) is 27.5 Å². The Kier molecular flexibility index (Phi) is 4.12. The summed E-state index contributed by atoms with van der Waals surface area (Å²) in [4.78, 5) is 14.6. The van der Waals surface area contributed by atoms with Gasteiger partial charge >= 0.3 is 0 Å². The number of piperidine rings is 1. The van der Waals surface area contributed by atoms with E-state index in [1.54, 1.807) is 7.11 Å². The smallest absolute Gasteiger partial charge is 0.253 e. The van der Waals surface area contributed by atoms with Gasteiger partial charge in [0.1, 0.15) is 0 Å². The van der Waals surface area contributed by atoms with E-state index < -0.39 is 0 Å². The summed E-state index contributed by atoms with van der Waals surface area (Å²) in [5.74, 6) is 0.538. The standard InChI is InChI=1S/C16H21N5O2/c1-11-4-5-12(10-13(11)14-17-19-20-18-14)15(22)21-8-6-16(2,23-3)7-9-21/h4-5,10H,6-9H2,1-3H3,(H,17,18,19,20). The fraction of sp³-hybridized carbons (Fsp3) is 0.500. The van der Waals surface area contributed by atoms with Crippen molar-refractivity contribution in [3.63, 3.8) is 0 Å². The molecule has 7 heteroatoms. The van der Waals surface area contributed by atoms with Gasteiger partial charge in [-0.05, 0) is 49.6 Å². The van der Waals surface area contributed by atoms with Crippen LogP contribution < -0.4 is 0 Å². The number of amides is 1. The van der Waals surface area contributed by atoms with Crippen molar-refractivity contribution in [3.05, 3.63) is 29.3 Å². The fourth-order valence-electron chi connectivity index (χ4n) is 2.84. The first-order chi connectivity index (χ1) is 11.0. The lowest BCUT2D eigenvalue weighted by molar-refractivity contribution is -0.0379. The third kappa shape index (κ3) is 3.10. The molecule has 0 aliphatic carbocycles. The van der Waals surface area contributed by atoms with E-state index in [4.69, 9.17) is 4.74 Å². The summed E-state index contributed by atoms with van der Waals surface area (Å²) in [5, 5.41) is 14.0. The Morgan fingerprint density at radius 2 is 2.09 bits per heavy atom. The van der Waals surface area contributed by atoms with Gasteiger partial charge in [-0.15, -0.1) is 10.2 Å². The molecule has 1 aliphatic heterocycles. The van der Waals surface area contributed by atoms with Crippen LogP contribution in [-0.4, -0.2) is 57.2 Å². The van der Waals surface area contributed by atoms with E-state index in [-0.39, 0.29) is 11.5 Å². The summed E-state index contributed by atoms with van der Waals surface area (Å²) >= 11 is 0. The Morgan fingerprint density at radius 1 is 1.35 bits per heavy atom. The Balaban J connectivity index is 1.80. The van der Waals surface area contributed by atoms with Crippen molar-refractivity contribution in [2.24, 2.45) is 0 Å². The summed E-state index contributed by atoms with van der Waals surface area (Å²) in [6, 6.07) is 5.61. The molecule has 1 amide bonds. The van der Waals surface area contributed by atoms with Crippen molar-refractivity contribution < 1.29 is 9.53 Å². The molecule has 1 aromatic heterocycles. The average Bonchev–Trinajstić information content (AvgIpc) is 3.10. The predicted octanol–water partition coefficient (Wildman–Crippen LogP) is 1.82. The van der Waals surface area contributed by atoms with Crippen LogP contribution in [0.1, 0.15) is 35.7 Å². The lowest BCUT2D eigenvalue weighted by Gasteiger charge is -2.38. The van der Waals surface area contributed by atoms with E-state index in [1.807, 2.05) is 30.0 Å². The van der Waals surface area contributed by atoms with E-state index in [0.29, 0.717) is 24.5 Å². The number of nitrogens with zero attached hydrogens (tertiary/aromatic N) is 4. The number of methoxy groups -OCH3 is 1. The molecule has 0 spiro atoms. The summed E-state index contributed by atoms with van der Waals surface area (Å²) in [6.07, 6.45) is 1.69. The number of H-pyrrole nitrogens is 1. The molecule has 1 N–H and O–H groups in total. The third-order valence-corrected chi connectivity index (χ3v) is 4.67. The van der Waals surface area contributed by atoms with Crippen LogP contribution in [0.3, 0.4) is 0 Å². The second-order valence-electron chi connectivity index (χ2n) is 6.21. The number of hydrogen-bond acceptors (Lipinski definition) is 5. The number of carbonyl (C=O) groups excluding carboxylic acids is 1. The Morgan fingerprint density at radius 3 is 2.70 bits per heavy atom. The van der Waals surface area contributed by atoms with E-state index in [1.165, 1.54) is 0 Å². The number of hydrogen-bond donors (Lipinski definition) is 1. The van der Waals surface area contributed by atoms with Crippen LogP contribution in [0.25, 0.3) is 11.4 Å². The van der Waals surface area contributed by atoms with Gasteiger partial charge in [0.2, 0.25) is 5.82 Å². The van der Waals surface area contributed by atoms with Gasteiger partial charge in [-0.3, -0.25) is 4.79 Å². The maximum atomic E-state index is 12.8. The van der Waals surface area contributed by atoms with Crippen molar-refractivity contribution in [1.82, 2.24) is 25.5 Å². The number of rotatable bonds is 3. The molecule has 2 heterocycles. The molecule has 122 valence electrons. The van der Waals surface area contributed by atoms with Crippen LogP contribution >= 0.6 is 0 Å². The molecule has 1 saturated heterocycles. The van der Waals surface area contributed by atoms with Crippen molar-refractivity contribution in [3.8, 4) is 11.4 Å². The second kappa shape index (κ2) is 6.08. The van der Waals surface area contributed by atoms with E-state index in [0.717, 1.165) is 24.0 Å². The maximum absolute atomic E-state index is 12.8. The minimum Gasteiger partial charge on any atom is -0.378 e. The zero-order valence-electron chi connectivity index (χ0n) is 13.7. The molecule has 0 unspecified atom stereocenters. The fourth-order valence-corrected chi connectivity index (χ4v) is 2.84. The molecule has 1 fully saturated rings. The molecule has 7 nitrogen and oxygen atoms in total. The molecular formula is C16H21N5O2. The minimum atomic E-state index is -0.125. The normalized spacial score (nSPS) is 17.3. The van der Waals surface area contributed by atoms with Crippen LogP contribution in [-0.2, 0) is 4.74 Å². The third-order valence-electron chi connectivity index (χ3n) is 4.67. The zero-order valence-corrected chi connectivity index (χ0v) is 13.7. The number of benzene rings is 1. The highest BCUT2D eigenvalue weighted by molar-refractivity contribution is 5.95. The first-order valence-corrected chi connectivity index (χ1v) is 7.71. The van der Waals surface area contributed by atoms with Gasteiger partial charge in [0.25, 0.3) is 5.91 Å². The zero-order chi connectivity index (χ0) is 16.4. The topological polar surface area (TPSA) is 84.0 Å². The number of nitrogens with one attached hydrogen (secondary N) is 1. The number of aromatic nitrogens is 4. The number of ether oxygens (including phenoxy) is 1. The highest BCUT2D eigenvalue weighted by Crippen LogP contribution is 2.27. The summed E-state index contributed by atoms with van der Waals surface area (Å²) < 4.78 is 5.53. The van der Waals surface area contributed by atoms with Gasteiger partial charge in [0.15, 0.2) is 0 Å². The molecule has 1 aliphatic rings. The highest BCUT2D eigenvalue weighted by Gasteiger charge is 2.32. The Labute approximate surface area is 135 Å². The van der Waals surface area contributed by atoms with Gasteiger partial charge < -0.3 is 9.64 Å². The minimum absolute atomic E-state index is 0.0351. The summed E-state index contributed by atoms with van der Waals surface area (Å²) in [5.41, 5.74) is 2.35. The van der Waals surface area contributed by atoms with Crippen LogP contribution in [0.2, 0.25) is 0 Å². The van der Waals surface area contributed by atoms with Gasteiger partial charge in [0, 0.05) is 31.3 Å². The number of likely N-dealkylation sites (tertiary alicyclic amines) is 1. The molecule has 1 aromatic carbocycles. The first kappa shape index (κ1) is 15.6. The van der Waals surface area contributed by atoms with E-state index in [9.17, 15) is 4.79 Å². The van der Waals surface area contributed by atoms with Gasteiger partial charge in [-0.2, -0.15) is 5.21 Å². The van der Waals surface area contributed by atoms with Crippen LogP contribution in [0, 0.1) is 6.92 Å². The van der Waals surface area contributed by atoms with Gasteiger partial charge in [-0.25, -0.2) is 0 Å². The summed E-state index contributed by atoms with van der Waals surface area (Å²) in [6.45, 7) is 5.46. The highest BCUT2D eigenvalue weighted by atomic mass is 16.5. The van der Waals surface area contributed by atoms with Gasteiger partial charge in [0.05, 0.1) is 5.60 Å². The number of aryl methyl sites for hydroxylation is 1. The quantitative estimate of drug-likeness (QED) is 0.934. The van der Waals surface area contributed by atoms with Crippen LogP contribution in [0.5, 0.6) is 0 Å². The molecule has 0 radical (unpaired) electrons. The van der Waals surface area contributed by atoms with Crippen molar-refractivity contribution in [2.45, 2.75) is 32.3 Å². The number of carbonyl (C=O) groups is 1. The van der Waals surface area contributed by atoms with Gasteiger partial charge in [-0.1, -0.05) is 6.07 Å². The molecule has 2 aromatic rings.